The molecule has 1 aromatic carbocycles. The number of hydrogen-bond donors (Lipinski definition) is 2. The Labute approximate surface area is 129 Å². The molecule has 0 unspecified atom stereocenters. The summed E-state index contributed by atoms with van der Waals surface area (Å²) >= 11 is 0. The van der Waals surface area contributed by atoms with E-state index in [0.29, 0.717) is 23.9 Å². The number of carbonyl (C=O) groups is 1. The summed E-state index contributed by atoms with van der Waals surface area (Å²) < 4.78 is 12.9. The number of anilines is 2. The molecule has 1 heterocycles. The van der Waals surface area contributed by atoms with Gasteiger partial charge in [0.05, 0.1) is 0 Å². The lowest BCUT2D eigenvalue weighted by molar-refractivity contribution is 0.0948. The molecule has 1 amide bonds. The molecule has 0 atom stereocenters. The van der Waals surface area contributed by atoms with Crippen LogP contribution in [-0.4, -0.2) is 22.4 Å². The monoisotopic (exact) mass is 302 g/mol. The Morgan fingerprint density at radius 1 is 1.18 bits per heavy atom. The van der Waals surface area contributed by atoms with Crippen molar-refractivity contribution < 1.29 is 9.18 Å². The third-order valence-electron chi connectivity index (χ3n) is 3.05. The Balaban J connectivity index is 1.97. The van der Waals surface area contributed by atoms with E-state index in [4.69, 9.17) is 0 Å². The van der Waals surface area contributed by atoms with Crippen LogP contribution >= 0.6 is 0 Å². The standard InChI is InChI=1S/C16H19FN4O/c1-2-3-4-10-18-15(22)14-9-11-19-16(21-14)20-13-7-5-12(17)6-8-13/h5-9,11H,2-4,10H2,1H3,(H,18,22)(H,19,20,21). The molecule has 0 aliphatic carbocycles. The summed E-state index contributed by atoms with van der Waals surface area (Å²) in [4.78, 5) is 20.2. The van der Waals surface area contributed by atoms with Gasteiger partial charge in [-0.2, -0.15) is 0 Å². The predicted octanol–water partition coefficient (Wildman–Crippen LogP) is 3.28. The van der Waals surface area contributed by atoms with Gasteiger partial charge in [-0.05, 0) is 36.8 Å². The van der Waals surface area contributed by atoms with Crippen molar-refractivity contribution in [3.8, 4) is 0 Å². The van der Waals surface area contributed by atoms with Crippen LogP contribution < -0.4 is 10.6 Å². The number of nitrogens with zero attached hydrogens (tertiary/aromatic N) is 2. The van der Waals surface area contributed by atoms with Gasteiger partial charge < -0.3 is 10.6 Å². The molecule has 116 valence electrons. The van der Waals surface area contributed by atoms with Gasteiger partial charge in [0.1, 0.15) is 11.5 Å². The number of nitrogens with one attached hydrogen (secondary N) is 2. The molecule has 1 aromatic heterocycles. The van der Waals surface area contributed by atoms with Crippen molar-refractivity contribution in [1.29, 1.82) is 0 Å². The fraction of sp³-hybridized carbons (Fsp3) is 0.312. The summed E-state index contributed by atoms with van der Waals surface area (Å²) in [6.07, 6.45) is 4.66. The second kappa shape index (κ2) is 8.07. The number of hydrogen-bond acceptors (Lipinski definition) is 4. The highest BCUT2D eigenvalue weighted by molar-refractivity contribution is 5.92. The van der Waals surface area contributed by atoms with E-state index in [0.717, 1.165) is 19.3 Å². The van der Waals surface area contributed by atoms with Crippen LogP contribution in [0, 0.1) is 5.82 Å². The second-order valence-corrected chi connectivity index (χ2v) is 4.86. The van der Waals surface area contributed by atoms with Crippen LogP contribution in [0.2, 0.25) is 0 Å². The number of halogens is 1. The lowest BCUT2D eigenvalue weighted by Gasteiger charge is -2.07. The van der Waals surface area contributed by atoms with Crippen LogP contribution in [0.5, 0.6) is 0 Å². The van der Waals surface area contributed by atoms with Crippen molar-refractivity contribution in [2.45, 2.75) is 26.2 Å². The summed E-state index contributed by atoms with van der Waals surface area (Å²) in [5, 5.41) is 5.76. The van der Waals surface area contributed by atoms with E-state index in [1.54, 1.807) is 18.2 Å². The van der Waals surface area contributed by atoms with E-state index in [1.165, 1.54) is 18.3 Å². The molecule has 0 bridgehead atoms. The van der Waals surface area contributed by atoms with Gasteiger partial charge in [-0.3, -0.25) is 4.79 Å². The molecule has 0 spiro atoms. The fourth-order valence-corrected chi connectivity index (χ4v) is 1.88. The van der Waals surface area contributed by atoms with Crippen LogP contribution in [0.3, 0.4) is 0 Å². The highest BCUT2D eigenvalue weighted by atomic mass is 19.1. The summed E-state index contributed by atoms with van der Waals surface area (Å²) in [5.74, 6) is -0.236. The van der Waals surface area contributed by atoms with Crippen molar-refractivity contribution in [2.75, 3.05) is 11.9 Å². The van der Waals surface area contributed by atoms with E-state index in [1.807, 2.05) is 0 Å². The summed E-state index contributed by atoms with van der Waals surface area (Å²) in [7, 11) is 0. The lowest BCUT2D eigenvalue weighted by Crippen LogP contribution is -2.25. The molecule has 0 aliphatic rings. The zero-order valence-electron chi connectivity index (χ0n) is 12.5. The zero-order valence-corrected chi connectivity index (χ0v) is 12.5. The molecule has 0 radical (unpaired) electrons. The Morgan fingerprint density at radius 2 is 1.95 bits per heavy atom. The molecule has 0 aliphatic heterocycles. The molecule has 22 heavy (non-hydrogen) atoms. The Bertz CT molecular complexity index is 616. The van der Waals surface area contributed by atoms with Crippen molar-refractivity contribution in [1.82, 2.24) is 15.3 Å². The van der Waals surface area contributed by atoms with Gasteiger partial charge in [0.25, 0.3) is 5.91 Å². The molecule has 0 fully saturated rings. The first kappa shape index (κ1) is 15.9. The summed E-state index contributed by atoms with van der Waals surface area (Å²) in [6, 6.07) is 7.40. The molecule has 0 saturated heterocycles. The molecule has 2 N–H and O–H groups in total. The first-order valence-electron chi connectivity index (χ1n) is 7.33. The van der Waals surface area contributed by atoms with Gasteiger partial charge in [-0.15, -0.1) is 0 Å². The molecule has 6 heteroatoms. The third-order valence-corrected chi connectivity index (χ3v) is 3.05. The number of rotatable bonds is 7. The second-order valence-electron chi connectivity index (χ2n) is 4.86. The van der Waals surface area contributed by atoms with Gasteiger partial charge in [0.2, 0.25) is 5.95 Å². The van der Waals surface area contributed by atoms with Crippen molar-refractivity contribution in [3.05, 3.63) is 48.0 Å². The minimum absolute atomic E-state index is 0.222. The number of benzene rings is 1. The zero-order chi connectivity index (χ0) is 15.8. The minimum Gasteiger partial charge on any atom is -0.351 e. The first-order chi connectivity index (χ1) is 10.7. The summed E-state index contributed by atoms with van der Waals surface area (Å²) in [6.45, 7) is 2.75. The van der Waals surface area contributed by atoms with E-state index in [2.05, 4.69) is 27.5 Å². The maximum atomic E-state index is 12.9. The van der Waals surface area contributed by atoms with Crippen LogP contribution in [0.4, 0.5) is 16.0 Å². The predicted molar refractivity (Wildman–Crippen MR) is 83.6 cm³/mol. The number of aromatic nitrogens is 2. The average molecular weight is 302 g/mol. The fourth-order valence-electron chi connectivity index (χ4n) is 1.88. The number of unbranched alkanes of at least 4 members (excludes halogenated alkanes) is 2. The molecule has 2 rings (SSSR count). The first-order valence-corrected chi connectivity index (χ1v) is 7.33. The van der Waals surface area contributed by atoms with Crippen LogP contribution in [0.15, 0.2) is 36.5 Å². The lowest BCUT2D eigenvalue weighted by atomic mass is 10.2. The van der Waals surface area contributed by atoms with Crippen molar-refractivity contribution >= 4 is 17.5 Å². The number of amides is 1. The van der Waals surface area contributed by atoms with Gasteiger partial charge in [-0.1, -0.05) is 19.8 Å². The minimum atomic E-state index is -0.313. The molecule has 0 saturated carbocycles. The average Bonchev–Trinajstić information content (AvgIpc) is 2.54. The van der Waals surface area contributed by atoms with Crippen LogP contribution in [0.1, 0.15) is 36.7 Å². The highest BCUT2D eigenvalue weighted by Crippen LogP contribution is 2.13. The smallest absolute Gasteiger partial charge is 0.270 e. The van der Waals surface area contributed by atoms with E-state index in [-0.39, 0.29) is 11.7 Å². The topological polar surface area (TPSA) is 66.9 Å². The van der Waals surface area contributed by atoms with Crippen LogP contribution in [-0.2, 0) is 0 Å². The van der Waals surface area contributed by atoms with E-state index < -0.39 is 0 Å². The van der Waals surface area contributed by atoms with Gasteiger partial charge in [-0.25, -0.2) is 14.4 Å². The number of carbonyl (C=O) groups excluding carboxylic acids is 1. The van der Waals surface area contributed by atoms with Crippen molar-refractivity contribution in [3.63, 3.8) is 0 Å². The SMILES string of the molecule is CCCCCNC(=O)c1ccnc(Nc2ccc(F)cc2)n1. The molecule has 2 aromatic rings. The molecule has 5 nitrogen and oxygen atoms in total. The Hall–Kier alpha value is -2.50. The maximum absolute atomic E-state index is 12.9. The van der Waals surface area contributed by atoms with E-state index in [9.17, 15) is 9.18 Å². The van der Waals surface area contributed by atoms with Crippen LogP contribution in [0.25, 0.3) is 0 Å². The largest absolute Gasteiger partial charge is 0.351 e. The third kappa shape index (κ3) is 4.80. The van der Waals surface area contributed by atoms with E-state index >= 15 is 0 Å². The van der Waals surface area contributed by atoms with Crippen molar-refractivity contribution in [2.24, 2.45) is 0 Å². The van der Waals surface area contributed by atoms with Gasteiger partial charge in [0.15, 0.2) is 0 Å². The normalized spacial score (nSPS) is 10.3. The maximum Gasteiger partial charge on any atom is 0.270 e. The van der Waals surface area contributed by atoms with Gasteiger partial charge >= 0.3 is 0 Å². The molecular weight excluding hydrogens is 283 g/mol. The van der Waals surface area contributed by atoms with Gasteiger partial charge in [0, 0.05) is 18.4 Å². The molecular formula is C16H19FN4O. The summed E-state index contributed by atoms with van der Waals surface area (Å²) in [5.41, 5.74) is 0.956. The highest BCUT2D eigenvalue weighted by Gasteiger charge is 2.08. The quantitative estimate of drug-likeness (QED) is 0.770. The Morgan fingerprint density at radius 3 is 2.68 bits per heavy atom. The Kier molecular flexibility index (Phi) is 5.82.